The van der Waals surface area contributed by atoms with Crippen LogP contribution in [0.4, 0.5) is 0 Å². The topological polar surface area (TPSA) is 127 Å². The molecule has 2 atom stereocenters. The normalized spacial score (nSPS) is 13.3. The number of carboxylic acids is 1. The van der Waals surface area contributed by atoms with E-state index in [4.69, 9.17) is 0 Å². The fourth-order valence-electron chi connectivity index (χ4n) is 3.58. The smallest absolute Gasteiger partial charge is 0.403 e. The van der Waals surface area contributed by atoms with E-state index in [-0.39, 0.29) is 12.8 Å². The molecule has 0 aliphatic heterocycles. The van der Waals surface area contributed by atoms with Crippen molar-refractivity contribution in [2.24, 2.45) is 0 Å². The number of hydrogen-bond acceptors (Lipinski definition) is 3. The first kappa shape index (κ1) is 25.3. The summed E-state index contributed by atoms with van der Waals surface area (Å²) in [4.78, 5) is 44.2. The third-order valence-corrected chi connectivity index (χ3v) is 6.65. The number of likely N-dealkylation sites (N-methyl/N-ethyl adjacent to an activating group) is 1. The first-order valence-corrected chi connectivity index (χ1v) is 12.2. The van der Waals surface area contributed by atoms with Crippen molar-refractivity contribution >= 4 is 19.6 Å². The number of carbonyl (C=O) groups is 2. The zero-order valence-electron chi connectivity index (χ0n) is 18.6. The number of rotatable bonds is 10. The molecule has 34 heavy (non-hydrogen) atoms. The van der Waals surface area contributed by atoms with Crippen LogP contribution in [0, 0.1) is 0 Å². The Morgan fingerprint density at radius 3 is 1.85 bits per heavy atom. The molecule has 3 aromatic carbocycles. The molecule has 4 N–H and O–H groups in total. The minimum Gasteiger partial charge on any atom is -0.480 e. The van der Waals surface area contributed by atoms with Crippen LogP contribution in [0.3, 0.4) is 0 Å². The molecule has 0 heterocycles. The number of nitrogens with zero attached hydrogens (tertiary/aromatic N) is 1. The Balaban J connectivity index is 1.80. The highest BCUT2D eigenvalue weighted by Gasteiger charge is 2.35. The second kappa shape index (κ2) is 11.2. The second-order valence-electron chi connectivity index (χ2n) is 7.96. The van der Waals surface area contributed by atoms with E-state index in [1.54, 1.807) is 42.5 Å². The van der Waals surface area contributed by atoms with Crippen LogP contribution in [-0.4, -0.2) is 50.6 Å². The average Bonchev–Trinajstić information content (AvgIpc) is 2.82. The molecule has 0 saturated carbocycles. The van der Waals surface area contributed by atoms with Gasteiger partial charge in [-0.25, -0.2) is 9.36 Å². The lowest BCUT2D eigenvalue weighted by molar-refractivity contribution is -0.142. The Labute approximate surface area is 198 Å². The predicted molar refractivity (Wildman–Crippen MR) is 129 cm³/mol. The van der Waals surface area contributed by atoms with Gasteiger partial charge in [0, 0.05) is 6.42 Å². The van der Waals surface area contributed by atoms with Gasteiger partial charge in [0.25, 0.3) is 0 Å². The zero-order valence-corrected chi connectivity index (χ0v) is 19.5. The van der Waals surface area contributed by atoms with Gasteiger partial charge in [0.15, 0.2) is 0 Å². The Morgan fingerprint density at radius 2 is 1.32 bits per heavy atom. The van der Waals surface area contributed by atoms with E-state index in [1.165, 1.54) is 0 Å². The van der Waals surface area contributed by atoms with Crippen molar-refractivity contribution in [2.45, 2.75) is 24.9 Å². The summed E-state index contributed by atoms with van der Waals surface area (Å²) in [6, 6.07) is 23.3. The van der Waals surface area contributed by atoms with E-state index >= 15 is 0 Å². The highest BCUT2D eigenvalue weighted by atomic mass is 31.2. The molecule has 1 unspecified atom stereocenters. The standard InChI is InChI=1S/C25H27N2O6P/c1-27(34(31,32)33)23(17-19-12-14-21(15-13-19)20-10-6-3-7-11-20)24(28)26-22(25(29)30)16-18-8-4-2-5-9-18/h2-15,22-23H,16-17H2,1H3,(H,26,28)(H,29,30)(H2,31,32,33)/t22-,23?/m0/s1. The van der Waals surface area contributed by atoms with Crippen LogP contribution < -0.4 is 5.32 Å². The van der Waals surface area contributed by atoms with Gasteiger partial charge in [-0.15, -0.1) is 0 Å². The fourth-order valence-corrected chi connectivity index (χ4v) is 4.13. The molecule has 0 aliphatic carbocycles. The maximum Gasteiger partial charge on any atom is 0.403 e. The predicted octanol–water partition coefficient (Wildman–Crippen LogP) is 3.10. The average molecular weight is 482 g/mol. The summed E-state index contributed by atoms with van der Waals surface area (Å²) in [7, 11) is -3.62. The molecule has 0 spiro atoms. The molecule has 9 heteroatoms. The Morgan fingerprint density at radius 1 is 0.824 bits per heavy atom. The summed E-state index contributed by atoms with van der Waals surface area (Å²) in [6.45, 7) is 0. The van der Waals surface area contributed by atoms with Gasteiger partial charge in [0.2, 0.25) is 5.91 Å². The molecule has 1 amide bonds. The molecule has 8 nitrogen and oxygen atoms in total. The van der Waals surface area contributed by atoms with Gasteiger partial charge in [0.1, 0.15) is 12.1 Å². The Hall–Kier alpha value is -3.29. The zero-order chi connectivity index (χ0) is 24.7. The number of nitrogens with one attached hydrogen (secondary N) is 1. The SMILES string of the molecule is CN(C(Cc1ccc(-c2ccccc2)cc1)C(=O)N[C@@H](Cc1ccccc1)C(=O)O)P(=O)(O)O. The minimum absolute atomic E-state index is 0.0137. The van der Waals surface area contributed by atoms with Crippen molar-refractivity contribution < 1.29 is 29.0 Å². The summed E-state index contributed by atoms with van der Waals surface area (Å²) in [6.07, 6.45) is 0.0280. The molecule has 0 fully saturated rings. The molecule has 3 aromatic rings. The van der Waals surface area contributed by atoms with Crippen molar-refractivity contribution in [3.05, 3.63) is 96.1 Å². The van der Waals surface area contributed by atoms with Crippen LogP contribution in [0.5, 0.6) is 0 Å². The third kappa shape index (κ3) is 6.85. The van der Waals surface area contributed by atoms with Gasteiger partial charge in [-0.1, -0.05) is 84.9 Å². The molecule has 0 aliphatic rings. The first-order chi connectivity index (χ1) is 16.1. The van der Waals surface area contributed by atoms with E-state index in [9.17, 15) is 29.0 Å². The molecule has 178 valence electrons. The lowest BCUT2D eigenvalue weighted by atomic mass is 10.00. The molecular formula is C25H27N2O6P. The van der Waals surface area contributed by atoms with Crippen molar-refractivity contribution in [1.29, 1.82) is 0 Å². The molecule has 0 aromatic heterocycles. The number of carboxylic acid groups (broad SMARTS) is 1. The second-order valence-corrected chi connectivity index (χ2v) is 9.62. The van der Waals surface area contributed by atoms with Gasteiger partial charge in [-0.2, -0.15) is 4.67 Å². The molecular weight excluding hydrogens is 455 g/mol. The maximum atomic E-state index is 13.1. The van der Waals surface area contributed by atoms with Gasteiger partial charge >= 0.3 is 13.7 Å². The van der Waals surface area contributed by atoms with Crippen molar-refractivity contribution in [3.63, 3.8) is 0 Å². The molecule has 0 radical (unpaired) electrons. The van der Waals surface area contributed by atoms with E-state index < -0.39 is 31.7 Å². The lowest BCUT2D eigenvalue weighted by Crippen LogP contribution is -2.51. The number of benzene rings is 3. The van der Waals surface area contributed by atoms with Crippen LogP contribution in [0.2, 0.25) is 0 Å². The Kier molecular flexibility index (Phi) is 8.36. The third-order valence-electron chi connectivity index (χ3n) is 5.55. The van der Waals surface area contributed by atoms with E-state index in [0.29, 0.717) is 15.8 Å². The van der Waals surface area contributed by atoms with Crippen LogP contribution in [0.25, 0.3) is 11.1 Å². The van der Waals surface area contributed by atoms with Crippen LogP contribution in [-0.2, 0) is 27.0 Å². The monoisotopic (exact) mass is 482 g/mol. The van der Waals surface area contributed by atoms with Crippen LogP contribution in [0.1, 0.15) is 11.1 Å². The van der Waals surface area contributed by atoms with Crippen LogP contribution >= 0.6 is 7.75 Å². The minimum atomic E-state index is -4.77. The summed E-state index contributed by atoms with van der Waals surface area (Å²) >= 11 is 0. The fraction of sp³-hybridized carbons (Fsp3) is 0.200. The van der Waals surface area contributed by atoms with Crippen LogP contribution in [0.15, 0.2) is 84.9 Å². The number of carbonyl (C=O) groups excluding carboxylic acids is 1. The number of amides is 1. The van der Waals surface area contributed by atoms with Gasteiger partial charge in [-0.05, 0) is 35.7 Å². The number of hydrogen-bond donors (Lipinski definition) is 4. The maximum absolute atomic E-state index is 13.1. The van der Waals surface area contributed by atoms with Crippen molar-refractivity contribution in [2.75, 3.05) is 7.05 Å². The highest BCUT2D eigenvalue weighted by Crippen LogP contribution is 2.40. The summed E-state index contributed by atoms with van der Waals surface area (Å²) in [5.74, 6) is -2.01. The Bertz CT molecular complexity index is 1150. The van der Waals surface area contributed by atoms with Crippen molar-refractivity contribution in [1.82, 2.24) is 9.99 Å². The number of aliphatic carboxylic acids is 1. The van der Waals surface area contributed by atoms with Crippen molar-refractivity contribution in [3.8, 4) is 11.1 Å². The van der Waals surface area contributed by atoms with E-state index in [2.05, 4.69) is 5.32 Å². The summed E-state index contributed by atoms with van der Waals surface area (Å²) < 4.78 is 12.6. The quantitative estimate of drug-likeness (QED) is 0.327. The summed E-state index contributed by atoms with van der Waals surface area (Å²) in [5.41, 5.74) is 3.37. The lowest BCUT2D eigenvalue weighted by Gasteiger charge is -2.28. The van der Waals surface area contributed by atoms with E-state index in [1.807, 2.05) is 42.5 Å². The molecule has 3 rings (SSSR count). The highest BCUT2D eigenvalue weighted by molar-refractivity contribution is 7.49. The van der Waals surface area contributed by atoms with Gasteiger partial charge < -0.3 is 20.2 Å². The molecule has 0 saturated heterocycles. The summed E-state index contributed by atoms with van der Waals surface area (Å²) in [5, 5.41) is 12.1. The molecule has 0 bridgehead atoms. The van der Waals surface area contributed by atoms with Gasteiger partial charge in [-0.3, -0.25) is 4.79 Å². The van der Waals surface area contributed by atoms with Gasteiger partial charge in [0.05, 0.1) is 0 Å². The first-order valence-electron chi connectivity index (χ1n) is 10.7. The van der Waals surface area contributed by atoms with E-state index in [0.717, 1.165) is 18.2 Å². The largest absolute Gasteiger partial charge is 0.480 e.